The van der Waals surface area contributed by atoms with E-state index in [2.05, 4.69) is 13.8 Å². The van der Waals surface area contributed by atoms with Crippen LogP contribution in [0.5, 0.6) is 0 Å². The molecule has 0 saturated carbocycles. The summed E-state index contributed by atoms with van der Waals surface area (Å²) in [4.78, 5) is 23.6. The van der Waals surface area contributed by atoms with Crippen LogP contribution in [0.25, 0.3) is 0 Å². The van der Waals surface area contributed by atoms with Crippen molar-refractivity contribution in [1.82, 2.24) is 0 Å². The van der Waals surface area contributed by atoms with Crippen molar-refractivity contribution in [3.63, 3.8) is 0 Å². The largest absolute Gasteiger partial charge is 0.458 e. The molecule has 0 amide bonds. The summed E-state index contributed by atoms with van der Waals surface area (Å²) in [5.74, 6) is 0.576. The minimum atomic E-state index is -0.585. The Morgan fingerprint density at radius 2 is 1.76 bits per heavy atom. The lowest BCUT2D eigenvalue weighted by atomic mass is 9.69. The highest BCUT2D eigenvalue weighted by molar-refractivity contribution is 6.00. The smallest absolute Gasteiger partial charge is 0.310 e. The number of rotatable bonds is 0. The Hall–Kier alpha value is -1.32. The van der Waals surface area contributed by atoms with Gasteiger partial charge in [0.2, 0.25) is 0 Å². The van der Waals surface area contributed by atoms with Gasteiger partial charge in [0.1, 0.15) is 5.76 Å². The molecule has 2 heterocycles. The number of esters is 1. The van der Waals surface area contributed by atoms with Gasteiger partial charge in [-0.1, -0.05) is 13.8 Å². The average molecular weight is 236 g/mol. The summed E-state index contributed by atoms with van der Waals surface area (Å²) in [5, 5.41) is 0. The Morgan fingerprint density at radius 1 is 1.06 bits per heavy atom. The highest BCUT2D eigenvalue weighted by atomic mass is 16.7. The Balaban J connectivity index is 2.05. The number of carbonyl (C=O) groups excluding carboxylic acids is 2. The van der Waals surface area contributed by atoms with Gasteiger partial charge in [-0.05, 0) is 12.3 Å². The lowest BCUT2D eigenvalue weighted by Crippen LogP contribution is -2.32. The first-order chi connectivity index (χ1) is 7.82. The zero-order valence-corrected chi connectivity index (χ0v) is 10.3. The molecule has 0 radical (unpaired) electrons. The molecule has 1 saturated heterocycles. The quantitative estimate of drug-likeness (QED) is 0.603. The molecule has 4 nitrogen and oxygen atoms in total. The second-order valence-corrected chi connectivity index (χ2v) is 6.27. The fourth-order valence-corrected chi connectivity index (χ4v) is 3.17. The monoisotopic (exact) mass is 236 g/mol. The minimum absolute atomic E-state index is 0.0606. The lowest BCUT2D eigenvalue weighted by molar-refractivity contribution is -0.159. The average Bonchev–Trinajstić information content (AvgIpc) is 2.49. The maximum atomic E-state index is 12.2. The summed E-state index contributed by atoms with van der Waals surface area (Å²) in [5.41, 5.74) is 0.0854. The summed E-state index contributed by atoms with van der Waals surface area (Å²) >= 11 is 0. The van der Waals surface area contributed by atoms with Crippen molar-refractivity contribution in [1.29, 1.82) is 0 Å². The van der Waals surface area contributed by atoms with E-state index in [1.165, 1.54) is 0 Å². The van der Waals surface area contributed by atoms with E-state index in [1.807, 2.05) is 6.92 Å². The van der Waals surface area contributed by atoms with Crippen molar-refractivity contribution in [2.45, 2.75) is 46.3 Å². The molecule has 3 rings (SSSR count). The van der Waals surface area contributed by atoms with Gasteiger partial charge >= 0.3 is 5.97 Å². The molecule has 0 aromatic heterocycles. The van der Waals surface area contributed by atoms with E-state index in [4.69, 9.17) is 9.47 Å². The first-order valence-corrected chi connectivity index (χ1v) is 5.95. The molecule has 0 bridgehead atoms. The zero-order chi connectivity index (χ0) is 12.4. The molecule has 3 aliphatic rings. The van der Waals surface area contributed by atoms with E-state index in [0.717, 1.165) is 12.2 Å². The van der Waals surface area contributed by atoms with Gasteiger partial charge in [-0.15, -0.1) is 0 Å². The fraction of sp³-hybridized carbons (Fsp3) is 0.692. The molecule has 1 aliphatic carbocycles. The Morgan fingerprint density at radius 3 is 2.47 bits per heavy atom. The maximum absolute atomic E-state index is 12.2. The van der Waals surface area contributed by atoms with Crippen LogP contribution in [0.1, 0.15) is 40.0 Å². The molecular weight excluding hydrogens is 220 g/mol. The number of hydrogen-bond acceptors (Lipinski definition) is 4. The summed E-state index contributed by atoms with van der Waals surface area (Å²) in [7, 11) is 0. The molecule has 0 N–H and O–H groups in total. The standard InChI is InChI=1S/C13H16O4/c1-12(2)4-7(14)10-8(5-12)16-11-13(10,3)6-9(15)17-11/h11H,4-6H2,1-3H3/t11-,13-/m1/s1. The highest BCUT2D eigenvalue weighted by Gasteiger charge is 2.59. The van der Waals surface area contributed by atoms with Crippen LogP contribution < -0.4 is 0 Å². The van der Waals surface area contributed by atoms with Gasteiger partial charge in [0, 0.05) is 18.4 Å². The van der Waals surface area contributed by atoms with E-state index in [0.29, 0.717) is 12.0 Å². The van der Waals surface area contributed by atoms with Crippen molar-refractivity contribution >= 4 is 11.8 Å². The third kappa shape index (κ3) is 1.36. The maximum Gasteiger partial charge on any atom is 0.310 e. The van der Waals surface area contributed by atoms with E-state index in [9.17, 15) is 9.59 Å². The summed E-state index contributed by atoms with van der Waals surface area (Å²) in [6.45, 7) is 6.00. The van der Waals surface area contributed by atoms with E-state index < -0.39 is 11.7 Å². The molecule has 0 unspecified atom stereocenters. The minimum Gasteiger partial charge on any atom is -0.458 e. The van der Waals surface area contributed by atoms with Crippen LogP contribution in [0.3, 0.4) is 0 Å². The number of Topliss-reactive ketones (excluding diaryl/α,β-unsaturated/α-hetero) is 1. The number of hydrogen-bond donors (Lipinski definition) is 0. The highest BCUT2D eigenvalue weighted by Crippen LogP contribution is 2.55. The summed E-state index contributed by atoms with van der Waals surface area (Å²) < 4.78 is 10.8. The van der Waals surface area contributed by atoms with Gasteiger partial charge in [0.05, 0.1) is 11.8 Å². The third-order valence-corrected chi connectivity index (χ3v) is 3.93. The van der Waals surface area contributed by atoms with Crippen molar-refractivity contribution in [3.8, 4) is 0 Å². The summed E-state index contributed by atoms with van der Waals surface area (Å²) in [6, 6.07) is 0. The number of ketones is 1. The van der Waals surface area contributed by atoms with Crippen LogP contribution in [-0.2, 0) is 19.1 Å². The molecule has 0 aromatic carbocycles. The third-order valence-electron chi connectivity index (χ3n) is 3.93. The van der Waals surface area contributed by atoms with E-state index in [1.54, 1.807) is 0 Å². The molecule has 1 fully saturated rings. The van der Waals surface area contributed by atoms with Gasteiger partial charge in [0.15, 0.2) is 5.78 Å². The van der Waals surface area contributed by atoms with E-state index >= 15 is 0 Å². The van der Waals surface area contributed by atoms with Gasteiger partial charge < -0.3 is 9.47 Å². The number of allylic oxidation sites excluding steroid dienone is 1. The predicted octanol–water partition coefficient (Wildman–Crippen LogP) is 1.94. The molecule has 92 valence electrons. The molecule has 4 heteroatoms. The molecule has 0 aromatic rings. The first-order valence-electron chi connectivity index (χ1n) is 5.95. The van der Waals surface area contributed by atoms with Crippen LogP contribution >= 0.6 is 0 Å². The molecule has 2 atom stereocenters. The number of fused-ring (bicyclic) bond motifs is 2. The van der Waals surface area contributed by atoms with Crippen LogP contribution in [0.2, 0.25) is 0 Å². The summed E-state index contributed by atoms with van der Waals surface area (Å²) in [6.07, 6.45) is 0.935. The van der Waals surface area contributed by atoms with Crippen molar-refractivity contribution < 1.29 is 19.1 Å². The van der Waals surface area contributed by atoms with Crippen LogP contribution in [0.4, 0.5) is 0 Å². The van der Waals surface area contributed by atoms with Crippen LogP contribution in [-0.4, -0.2) is 18.0 Å². The second kappa shape index (κ2) is 2.92. The van der Waals surface area contributed by atoms with Crippen LogP contribution in [0.15, 0.2) is 11.3 Å². The lowest BCUT2D eigenvalue weighted by Gasteiger charge is -2.30. The van der Waals surface area contributed by atoms with Crippen LogP contribution in [0, 0.1) is 10.8 Å². The number of carbonyl (C=O) groups is 2. The Labute approximate surface area is 100.0 Å². The Kier molecular flexibility index (Phi) is 1.86. The fourth-order valence-electron chi connectivity index (χ4n) is 3.17. The SMILES string of the molecule is CC1(C)CC(=O)C2=C(C1)O[C@@H]1OC(=O)C[C@]21C. The second-order valence-electron chi connectivity index (χ2n) is 6.27. The molecular formula is C13H16O4. The Bertz CT molecular complexity index is 460. The van der Waals surface area contributed by atoms with E-state index in [-0.39, 0.29) is 23.6 Å². The van der Waals surface area contributed by atoms with Crippen molar-refractivity contribution in [3.05, 3.63) is 11.3 Å². The zero-order valence-electron chi connectivity index (χ0n) is 10.3. The number of ether oxygens (including phenoxy) is 2. The van der Waals surface area contributed by atoms with Crippen molar-refractivity contribution in [2.75, 3.05) is 0 Å². The molecule has 17 heavy (non-hydrogen) atoms. The van der Waals surface area contributed by atoms with Gasteiger partial charge in [0.25, 0.3) is 6.29 Å². The molecule has 2 aliphatic heterocycles. The van der Waals surface area contributed by atoms with Crippen molar-refractivity contribution in [2.24, 2.45) is 10.8 Å². The molecule has 0 spiro atoms. The first kappa shape index (κ1) is 10.8. The normalized spacial score (nSPS) is 38.6. The van der Waals surface area contributed by atoms with Gasteiger partial charge in [-0.3, -0.25) is 9.59 Å². The topological polar surface area (TPSA) is 52.6 Å². The van der Waals surface area contributed by atoms with Gasteiger partial charge in [-0.2, -0.15) is 0 Å². The van der Waals surface area contributed by atoms with Gasteiger partial charge in [-0.25, -0.2) is 0 Å². The predicted molar refractivity (Wildman–Crippen MR) is 58.7 cm³/mol.